The monoisotopic (exact) mass is 178 g/mol. The molecule has 0 aliphatic heterocycles. The standard InChI is InChI=1S/C7H15O3P/c1-7(8-2)6-11(5,9-3)10-4/h1,5-6H2,2-4H3. The molecule has 0 aromatic carbocycles. The first-order valence-corrected chi connectivity index (χ1v) is 5.13. The number of allylic oxidation sites excluding steroid dienone is 1. The summed E-state index contributed by atoms with van der Waals surface area (Å²) in [5.74, 6) is 0.636. The molecular formula is C7H15O3P. The summed E-state index contributed by atoms with van der Waals surface area (Å²) in [6.07, 6.45) is 4.36. The zero-order chi connectivity index (χ0) is 8.91. The summed E-state index contributed by atoms with van der Waals surface area (Å²) in [4.78, 5) is 0. The Morgan fingerprint density at radius 1 is 1.27 bits per heavy atom. The number of hydrogen-bond acceptors (Lipinski definition) is 3. The second-order valence-electron chi connectivity index (χ2n) is 2.08. The molecule has 0 bridgehead atoms. The van der Waals surface area contributed by atoms with Gasteiger partial charge in [0.15, 0.2) is 0 Å². The van der Waals surface area contributed by atoms with E-state index >= 15 is 0 Å². The van der Waals surface area contributed by atoms with Crippen molar-refractivity contribution in [1.29, 1.82) is 0 Å². The zero-order valence-corrected chi connectivity index (χ0v) is 8.19. The minimum absolute atomic E-state index is 0.538. The predicted molar refractivity (Wildman–Crippen MR) is 49.1 cm³/mol. The van der Waals surface area contributed by atoms with Crippen LogP contribution >= 0.6 is 7.34 Å². The van der Waals surface area contributed by atoms with Crippen molar-refractivity contribution in [2.75, 3.05) is 27.5 Å². The predicted octanol–water partition coefficient (Wildman–Crippen LogP) is 1.72. The number of ether oxygens (including phenoxy) is 1. The van der Waals surface area contributed by atoms with Crippen LogP contribution in [0.25, 0.3) is 0 Å². The highest BCUT2D eigenvalue weighted by Crippen LogP contribution is 2.46. The van der Waals surface area contributed by atoms with Crippen molar-refractivity contribution in [3.05, 3.63) is 12.3 Å². The third-order valence-electron chi connectivity index (χ3n) is 1.37. The summed E-state index contributed by atoms with van der Waals surface area (Å²) in [5, 5.41) is 0. The molecular weight excluding hydrogens is 163 g/mol. The van der Waals surface area contributed by atoms with E-state index in [2.05, 4.69) is 12.9 Å². The fourth-order valence-electron chi connectivity index (χ4n) is 0.537. The molecule has 0 N–H and O–H groups in total. The highest BCUT2D eigenvalue weighted by atomic mass is 31.2. The summed E-state index contributed by atoms with van der Waals surface area (Å²) in [5.41, 5.74) is 0. The van der Waals surface area contributed by atoms with E-state index in [9.17, 15) is 0 Å². The summed E-state index contributed by atoms with van der Waals surface area (Å²) < 4.78 is 15.1. The van der Waals surface area contributed by atoms with Gasteiger partial charge >= 0.3 is 0 Å². The number of methoxy groups -OCH3 is 1. The minimum atomic E-state index is -1.98. The Balaban J connectivity index is 4.09. The van der Waals surface area contributed by atoms with Crippen molar-refractivity contribution in [2.24, 2.45) is 0 Å². The van der Waals surface area contributed by atoms with Crippen LogP contribution in [0.4, 0.5) is 0 Å². The van der Waals surface area contributed by atoms with Crippen LogP contribution in [0.2, 0.25) is 0 Å². The Morgan fingerprint density at radius 2 is 1.73 bits per heavy atom. The average Bonchev–Trinajstić information content (AvgIpc) is 2.04. The molecule has 0 heterocycles. The molecule has 0 spiro atoms. The van der Waals surface area contributed by atoms with Crippen LogP contribution in [0.3, 0.4) is 0 Å². The van der Waals surface area contributed by atoms with Crippen molar-refractivity contribution < 1.29 is 13.8 Å². The Morgan fingerprint density at radius 3 is 2.00 bits per heavy atom. The van der Waals surface area contributed by atoms with Gasteiger partial charge in [0.05, 0.1) is 19.0 Å². The first-order valence-electron chi connectivity index (χ1n) is 3.13. The first-order chi connectivity index (χ1) is 5.08. The highest BCUT2D eigenvalue weighted by molar-refractivity contribution is 7.64. The summed E-state index contributed by atoms with van der Waals surface area (Å²) in [7, 11) is 2.74. The molecule has 0 fully saturated rings. The van der Waals surface area contributed by atoms with E-state index in [1.54, 1.807) is 21.3 Å². The van der Waals surface area contributed by atoms with E-state index in [0.29, 0.717) is 11.9 Å². The van der Waals surface area contributed by atoms with Gasteiger partial charge < -0.3 is 13.8 Å². The highest BCUT2D eigenvalue weighted by Gasteiger charge is 2.13. The fourth-order valence-corrected chi connectivity index (χ4v) is 1.61. The molecule has 0 radical (unpaired) electrons. The average molecular weight is 178 g/mol. The molecule has 0 aromatic heterocycles. The number of rotatable bonds is 5. The smallest absolute Gasteiger partial charge is 0.124 e. The summed E-state index contributed by atoms with van der Waals surface area (Å²) >= 11 is 0. The van der Waals surface area contributed by atoms with Crippen LogP contribution in [0, 0.1) is 0 Å². The molecule has 66 valence electrons. The van der Waals surface area contributed by atoms with Crippen LogP contribution in [0.5, 0.6) is 0 Å². The fraction of sp³-hybridized carbons (Fsp3) is 0.571. The first kappa shape index (κ1) is 10.8. The van der Waals surface area contributed by atoms with Crippen molar-refractivity contribution in [3.63, 3.8) is 0 Å². The van der Waals surface area contributed by atoms with Gasteiger partial charge in [-0.05, 0) is 0 Å². The second-order valence-corrected chi connectivity index (χ2v) is 4.76. The summed E-state index contributed by atoms with van der Waals surface area (Å²) in [6, 6.07) is 0. The van der Waals surface area contributed by atoms with Gasteiger partial charge in [-0.15, -0.1) is 0 Å². The van der Waals surface area contributed by atoms with Gasteiger partial charge in [-0.25, -0.2) is 0 Å². The molecule has 3 nitrogen and oxygen atoms in total. The van der Waals surface area contributed by atoms with Crippen LogP contribution in [-0.4, -0.2) is 33.8 Å². The third kappa shape index (κ3) is 3.61. The van der Waals surface area contributed by atoms with Gasteiger partial charge in [0, 0.05) is 14.2 Å². The SMILES string of the molecule is C=C(CP(=C)(OC)OC)OC. The van der Waals surface area contributed by atoms with Crippen LogP contribution in [0.1, 0.15) is 0 Å². The topological polar surface area (TPSA) is 27.7 Å². The Labute approximate surface area is 68.1 Å². The molecule has 0 saturated carbocycles. The van der Waals surface area contributed by atoms with Gasteiger partial charge in [-0.2, -0.15) is 0 Å². The van der Waals surface area contributed by atoms with E-state index in [4.69, 9.17) is 13.8 Å². The Hall–Kier alpha value is -0.240. The van der Waals surface area contributed by atoms with Gasteiger partial charge in [0.1, 0.15) is 7.34 Å². The quantitative estimate of drug-likeness (QED) is 0.474. The maximum Gasteiger partial charge on any atom is 0.124 e. The van der Waals surface area contributed by atoms with E-state index in [-0.39, 0.29) is 0 Å². The van der Waals surface area contributed by atoms with E-state index in [1.807, 2.05) is 0 Å². The largest absolute Gasteiger partial charge is 0.501 e. The van der Waals surface area contributed by atoms with E-state index in [0.717, 1.165) is 0 Å². The molecule has 0 rings (SSSR count). The zero-order valence-electron chi connectivity index (χ0n) is 7.29. The van der Waals surface area contributed by atoms with Gasteiger partial charge in [0.2, 0.25) is 0 Å². The van der Waals surface area contributed by atoms with Gasteiger partial charge in [-0.3, -0.25) is 0 Å². The van der Waals surface area contributed by atoms with Crippen LogP contribution < -0.4 is 0 Å². The maximum atomic E-state index is 5.10. The van der Waals surface area contributed by atoms with Crippen molar-refractivity contribution in [1.82, 2.24) is 0 Å². The lowest BCUT2D eigenvalue weighted by Crippen LogP contribution is -1.98. The molecule has 11 heavy (non-hydrogen) atoms. The van der Waals surface area contributed by atoms with Crippen molar-refractivity contribution in [2.45, 2.75) is 0 Å². The molecule has 0 aliphatic carbocycles. The van der Waals surface area contributed by atoms with Crippen LogP contribution in [-0.2, 0) is 13.8 Å². The molecule has 0 amide bonds. The lowest BCUT2D eigenvalue weighted by atomic mass is 10.7. The molecule has 0 aliphatic rings. The van der Waals surface area contributed by atoms with Crippen molar-refractivity contribution in [3.8, 4) is 0 Å². The van der Waals surface area contributed by atoms with E-state index < -0.39 is 7.34 Å². The number of hydrogen-bond donors (Lipinski definition) is 0. The second kappa shape index (κ2) is 4.60. The van der Waals surface area contributed by atoms with E-state index in [1.165, 1.54) is 0 Å². The Kier molecular flexibility index (Phi) is 4.50. The van der Waals surface area contributed by atoms with Gasteiger partial charge in [-0.1, -0.05) is 12.9 Å². The lowest BCUT2D eigenvalue weighted by molar-refractivity contribution is 0.284. The molecule has 0 aromatic rings. The van der Waals surface area contributed by atoms with Crippen molar-refractivity contribution >= 4 is 13.6 Å². The normalized spacial score (nSPS) is 11.2. The molecule has 0 atom stereocenters. The minimum Gasteiger partial charge on any atom is -0.501 e. The summed E-state index contributed by atoms with van der Waals surface area (Å²) in [6.45, 7) is 3.66. The third-order valence-corrected chi connectivity index (χ3v) is 3.54. The molecule has 4 heteroatoms. The lowest BCUT2D eigenvalue weighted by Gasteiger charge is -2.20. The van der Waals surface area contributed by atoms with Crippen LogP contribution in [0.15, 0.2) is 12.3 Å². The molecule has 0 unspecified atom stereocenters. The Bertz CT molecular complexity index is 169. The molecule has 0 saturated heterocycles. The maximum absolute atomic E-state index is 5.10. The van der Waals surface area contributed by atoms with Gasteiger partial charge in [0.25, 0.3) is 0 Å².